The van der Waals surface area contributed by atoms with Gasteiger partial charge < -0.3 is 9.84 Å². The monoisotopic (exact) mass is 230 g/mol. The summed E-state index contributed by atoms with van der Waals surface area (Å²) in [6.07, 6.45) is 8.80. The Morgan fingerprint density at radius 2 is 1.44 bits per heavy atom. The molecule has 0 unspecified atom stereocenters. The van der Waals surface area contributed by atoms with Crippen LogP contribution in [0.15, 0.2) is 0 Å². The fourth-order valence-corrected chi connectivity index (χ4v) is 1.57. The number of hydrogen-bond donors (Lipinski definition) is 1. The van der Waals surface area contributed by atoms with E-state index in [1.54, 1.807) is 0 Å². The molecule has 4 nitrogen and oxygen atoms in total. The van der Waals surface area contributed by atoms with Crippen molar-refractivity contribution in [3.05, 3.63) is 0 Å². The summed E-state index contributed by atoms with van der Waals surface area (Å²) in [6.45, 7) is 1.02. The lowest BCUT2D eigenvalue weighted by molar-refractivity contribution is -0.137. The number of aliphatic carboxylic acids is 1. The summed E-state index contributed by atoms with van der Waals surface area (Å²) in [7, 11) is 0. The summed E-state index contributed by atoms with van der Waals surface area (Å²) >= 11 is 0. The van der Waals surface area contributed by atoms with Crippen LogP contribution in [0.5, 0.6) is 0 Å². The molecule has 0 aliphatic carbocycles. The van der Waals surface area contributed by atoms with Crippen molar-refractivity contribution in [2.75, 3.05) is 6.61 Å². The summed E-state index contributed by atoms with van der Waals surface area (Å²) in [5, 5.41) is 8.42. The van der Waals surface area contributed by atoms with Gasteiger partial charge in [0.1, 0.15) is 0 Å². The molecule has 0 aromatic carbocycles. The number of carbonyl (C=O) groups is 2. The SMILES string of the molecule is O=COCCCCCCCCCCC(=O)O. The Morgan fingerprint density at radius 3 is 1.94 bits per heavy atom. The second-order valence-corrected chi connectivity index (χ2v) is 3.94. The fraction of sp³-hybridized carbons (Fsp3) is 0.833. The third kappa shape index (κ3) is 12.9. The predicted octanol–water partition coefficient (Wildman–Crippen LogP) is 2.75. The van der Waals surface area contributed by atoms with Crippen LogP contribution in [0.1, 0.15) is 57.8 Å². The van der Waals surface area contributed by atoms with Gasteiger partial charge in [-0.25, -0.2) is 0 Å². The summed E-state index contributed by atoms with van der Waals surface area (Å²) < 4.78 is 4.58. The average Bonchev–Trinajstić information content (AvgIpc) is 2.25. The van der Waals surface area contributed by atoms with Crippen molar-refractivity contribution >= 4 is 12.4 Å². The molecule has 0 saturated carbocycles. The van der Waals surface area contributed by atoms with Crippen molar-refractivity contribution in [1.29, 1.82) is 0 Å². The van der Waals surface area contributed by atoms with E-state index in [-0.39, 0.29) is 0 Å². The molecule has 0 aromatic heterocycles. The Balaban J connectivity index is 2.93. The number of unbranched alkanes of at least 4 members (excludes halogenated alkanes) is 7. The van der Waals surface area contributed by atoms with E-state index < -0.39 is 5.97 Å². The van der Waals surface area contributed by atoms with Gasteiger partial charge in [0.05, 0.1) is 6.61 Å². The normalized spacial score (nSPS) is 10.0. The van der Waals surface area contributed by atoms with E-state index in [1.165, 1.54) is 19.3 Å². The minimum Gasteiger partial charge on any atom is -0.481 e. The standard InChI is InChI=1S/C12H22O4/c13-11-16-10-8-6-4-2-1-3-5-7-9-12(14)15/h11H,1-10H2,(H,14,15). The molecule has 0 fully saturated rings. The van der Waals surface area contributed by atoms with Crippen LogP contribution in [0.2, 0.25) is 0 Å². The lowest BCUT2D eigenvalue weighted by atomic mass is 10.1. The number of ether oxygens (including phenoxy) is 1. The molecule has 4 heteroatoms. The van der Waals surface area contributed by atoms with E-state index in [1.807, 2.05) is 0 Å². The molecule has 0 radical (unpaired) electrons. The number of rotatable bonds is 12. The highest BCUT2D eigenvalue weighted by Crippen LogP contribution is 2.09. The third-order valence-electron chi connectivity index (χ3n) is 2.47. The van der Waals surface area contributed by atoms with Crippen molar-refractivity contribution < 1.29 is 19.4 Å². The average molecular weight is 230 g/mol. The molecular formula is C12H22O4. The van der Waals surface area contributed by atoms with E-state index in [0.717, 1.165) is 32.1 Å². The van der Waals surface area contributed by atoms with Crippen LogP contribution in [0.25, 0.3) is 0 Å². The van der Waals surface area contributed by atoms with Gasteiger partial charge in [0.2, 0.25) is 0 Å². The Bertz CT molecular complexity index is 180. The molecule has 0 bridgehead atoms. The summed E-state index contributed by atoms with van der Waals surface area (Å²) in [5.74, 6) is -0.699. The molecule has 16 heavy (non-hydrogen) atoms. The highest BCUT2D eigenvalue weighted by Gasteiger charge is 1.96. The first kappa shape index (κ1) is 14.9. The van der Waals surface area contributed by atoms with Crippen LogP contribution in [-0.2, 0) is 14.3 Å². The molecule has 0 amide bonds. The number of carbonyl (C=O) groups excluding carboxylic acids is 1. The number of hydrogen-bond acceptors (Lipinski definition) is 3. The quantitative estimate of drug-likeness (QED) is 0.413. The fourth-order valence-electron chi connectivity index (χ4n) is 1.57. The van der Waals surface area contributed by atoms with E-state index in [0.29, 0.717) is 19.5 Å². The van der Waals surface area contributed by atoms with E-state index in [4.69, 9.17) is 5.11 Å². The zero-order chi connectivity index (χ0) is 12.1. The van der Waals surface area contributed by atoms with Crippen molar-refractivity contribution in [1.82, 2.24) is 0 Å². The Labute approximate surface area is 97.0 Å². The molecule has 0 aromatic rings. The maximum atomic E-state index is 10.2. The molecule has 0 atom stereocenters. The third-order valence-corrected chi connectivity index (χ3v) is 2.47. The van der Waals surface area contributed by atoms with Crippen LogP contribution < -0.4 is 0 Å². The molecule has 0 rings (SSSR count). The van der Waals surface area contributed by atoms with Crippen LogP contribution >= 0.6 is 0 Å². The smallest absolute Gasteiger partial charge is 0.303 e. The summed E-state index contributed by atoms with van der Waals surface area (Å²) in [6, 6.07) is 0. The lowest BCUT2D eigenvalue weighted by Crippen LogP contribution is -1.93. The van der Waals surface area contributed by atoms with Crippen LogP contribution in [0, 0.1) is 0 Å². The minimum atomic E-state index is -0.699. The summed E-state index contributed by atoms with van der Waals surface area (Å²) in [4.78, 5) is 20.0. The molecule has 0 aliphatic rings. The number of carboxylic acid groups (broad SMARTS) is 1. The first-order chi connectivity index (χ1) is 7.77. The topological polar surface area (TPSA) is 63.6 Å². The van der Waals surface area contributed by atoms with Crippen molar-refractivity contribution in [3.63, 3.8) is 0 Å². The van der Waals surface area contributed by atoms with Gasteiger partial charge in [-0.2, -0.15) is 0 Å². The molecule has 0 spiro atoms. The van der Waals surface area contributed by atoms with Crippen molar-refractivity contribution in [2.45, 2.75) is 57.8 Å². The highest BCUT2D eigenvalue weighted by molar-refractivity contribution is 5.66. The Kier molecular flexibility index (Phi) is 11.2. The predicted molar refractivity (Wildman–Crippen MR) is 61.2 cm³/mol. The molecule has 0 heterocycles. The maximum Gasteiger partial charge on any atom is 0.303 e. The van der Waals surface area contributed by atoms with Gasteiger partial charge in [0.25, 0.3) is 6.47 Å². The van der Waals surface area contributed by atoms with E-state index in [2.05, 4.69) is 4.74 Å². The largest absolute Gasteiger partial charge is 0.481 e. The molecule has 94 valence electrons. The zero-order valence-electron chi connectivity index (χ0n) is 9.82. The van der Waals surface area contributed by atoms with E-state index >= 15 is 0 Å². The van der Waals surface area contributed by atoms with Gasteiger partial charge in [0, 0.05) is 6.42 Å². The van der Waals surface area contributed by atoms with Crippen LogP contribution in [-0.4, -0.2) is 24.2 Å². The van der Waals surface area contributed by atoms with Gasteiger partial charge in [-0.15, -0.1) is 0 Å². The minimum absolute atomic E-state index is 0.295. The molecular weight excluding hydrogens is 208 g/mol. The lowest BCUT2D eigenvalue weighted by Gasteiger charge is -2.01. The first-order valence-corrected chi connectivity index (χ1v) is 6.04. The van der Waals surface area contributed by atoms with Gasteiger partial charge in [-0.3, -0.25) is 9.59 Å². The van der Waals surface area contributed by atoms with Gasteiger partial charge in [0.15, 0.2) is 0 Å². The van der Waals surface area contributed by atoms with Crippen molar-refractivity contribution in [3.8, 4) is 0 Å². The second kappa shape index (κ2) is 12.0. The summed E-state index contributed by atoms with van der Waals surface area (Å²) in [5.41, 5.74) is 0. The van der Waals surface area contributed by atoms with Gasteiger partial charge in [-0.1, -0.05) is 38.5 Å². The van der Waals surface area contributed by atoms with Crippen LogP contribution in [0.4, 0.5) is 0 Å². The zero-order valence-corrected chi connectivity index (χ0v) is 9.82. The van der Waals surface area contributed by atoms with Crippen molar-refractivity contribution in [2.24, 2.45) is 0 Å². The highest BCUT2D eigenvalue weighted by atomic mass is 16.5. The van der Waals surface area contributed by atoms with Crippen LogP contribution in [0.3, 0.4) is 0 Å². The van der Waals surface area contributed by atoms with Gasteiger partial charge in [-0.05, 0) is 12.8 Å². The maximum absolute atomic E-state index is 10.2. The number of carboxylic acids is 1. The molecule has 0 aliphatic heterocycles. The molecule has 0 saturated heterocycles. The molecule has 1 N–H and O–H groups in total. The second-order valence-electron chi connectivity index (χ2n) is 3.94. The van der Waals surface area contributed by atoms with Gasteiger partial charge >= 0.3 is 5.97 Å². The van der Waals surface area contributed by atoms with E-state index in [9.17, 15) is 9.59 Å². The Morgan fingerprint density at radius 1 is 0.938 bits per heavy atom. The first-order valence-electron chi connectivity index (χ1n) is 6.04. The Hall–Kier alpha value is -1.06.